The smallest absolute Gasteiger partial charge is 0.223 e. The molecule has 2 nitrogen and oxygen atoms in total. The Morgan fingerprint density at radius 3 is 1.13 bits per heavy atom. The van der Waals surface area contributed by atoms with Crippen molar-refractivity contribution in [1.82, 2.24) is 5.06 Å². The summed E-state index contributed by atoms with van der Waals surface area (Å²) in [6.45, 7) is 8.48. The Morgan fingerprint density at radius 2 is 0.871 bits per heavy atom. The van der Waals surface area contributed by atoms with E-state index in [9.17, 15) is 57.1 Å². The van der Waals surface area contributed by atoms with E-state index < -0.39 is 53.0 Å². The predicted molar refractivity (Wildman–Crippen MR) is 82.4 cm³/mol. The van der Waals surface area contributed by atoms with Crippen molar-refractivity contribution in [3.05, 3.63) is 0 Å². The van der Waals surface area contributed by atoms with Gasteiger partial charge in [-0.25, -0.2) is 4.84 Å². The van der Waals surface area contributed by atoms with Crippen LogP contribution in [-0.4, -0.2) is 52.6 Å². The zero-order valence-corrected chi connectivity index (χ0v) is 17.3. The first-order valence-corrected chi connectivity index (χ1v) is 8.44. The minimum Gasteiger partial charge on any atom is -0.223 e. The molecule has 0 saturated carbocycles. The normalized spacial score (nSPS) is 17.3. The van der Waals surface area contributed by atoms with Crippen LogP contribution in [0.15, 0.2) is 0 Å². The second-order valence-electron chi connectivity index (χ2n) is 8.94. The maximum Gasteiger partial charge on any atom is 0.460 e. The third-order valence-corrected chi connectivity index (χ3v) is 4.38. The number of hydrogen-bond acceptors (Lipinski definition) is 2. The summed E-state index contributed by atoms with van der Waals surface area (Å²) in [6, 6.07) is -1.29. The molecule has 0 spiro atoms. The van der Waals surface area contributed by atoms with E-state index in [0.29, 0.717) is 0 Å². The summed E-state index contributed by atoms with van der Waals surface area (Å²) >= 11 is 0. The molecule has 0 aromatic carbocycles. The van der Waals surface area contributed by atoms with Gasteiger partial charge in [0.2, 0.25) is 0 Å². The van der Waals surface area contributed by atoms with Crippen LogP contribution in [0, 0.1) is 5.41 Å². The van der Waals surface area contributed by atoms with E-state index in [1.54, 1.807) is 0 Å². The number of rotatable bonds is 7. The van der Waals surface area contributed by atoms with Crippen LogP contribution < -0.4 is 0 Å². The summed E-state index contributed by atoms with van der Waals surface area (Å²) in [6.07, 6.45) is -14.1. The van der Waals surface area contributed by atoms with Gasteiger partial charge in [0.25, 0.3) is 0 Å². The van der Waals surface area contributed by atoms with Crippen molar-refractivity contribution < 1.29 is 61.9 Å². The fourth-order valence-corrected chi connectivity index (χ4v) is 2.08. The molecule has 0 N–H and O–H groups in total. The lowest BCUT2D eigenvalue weighted by Crippen LogP contribution is -2.71. The van der Waals surface area contributed by atoms with E-state index in [-0.39, 0.29) is 5.06 Å². The summed E-state index contributed by atoms with van der Waals surface area (Å²) in [5.41, 5.74) is -2.73. The Kier molecular flexibility index (Phi) is 7.55. The van der Waals surface area contributed by atoms with Crippen LogP contribution >= 0.6 is 0 Å². The Hall–Kier alpha value is -0.990. The molecular weight excluding hydrogens is 469 g/mol. The topological polar surface area (TPSA) is 12.5 Å². The standard InChI is InChI=1S/C16H22F13NO/c1-8(9(2,3)4)30(10(5,6)7)31-16(28,29)14(23,24)12(19,20)11(17,18)13(21,22)15(25,26)27/h8H,1-7H3. The molecular formula is C16H22F13NO. The molecule has 188 valence electrons. The van der Waals surface area contributed by atoms with Crippen LogP contribution in [0.25, 0.3) is 0 Å². The second-order valence-corrected chi connectivity index (χ2v) is 8.94. The van der Waals surface area contributed by atoms with Crippen molar-refractivity contribution in [3.8, 4) is 0 Å². The quantitative estimate of drug-likeness (QED) is 0.277. The maximum absolute atomic E-state index is 14.1. The molecule has 31 heavy (non-hydrogen) atoms. The highest BCUT2D eigenvalue weighted by Gasteiger charge is 2.91. The van der Waals surface area contributed by atoms with Crippen LogP contribution in [0.4, 0.5) is 57.1 Å². The monoisotopic (exact) mass is 491 g/mol. The number of hydrogen-bond donors (Lipinski definition) is 0. The number of alkyl halides is 13. The predicted octanol–water partition coefficient (Wildman–Crippen LogP) is 7.15. The van der Waals surface area contributed by atoms with Crippen LogP contribution in [0.1, 0.15) is 48.5 Å². The number of nitrogens with zero attached hydrogens (tertiary/aromatic N) is 1. The molecule has 0 amide bonds. The highest BCUT2D eigenvalue weighted by molar-refractivity contribution is 5.08. The summed E-state index contributed by atoms with van der Waals surface area (Å²) in [5.74, 6) is -31.1. The van der Waals surface area contributed by atoms with Crippen molar-refractivity contribution in [2.45, 2.75) is 96.0 Å². The lowest BCUT2D eigenvalue weighted by Gasteiger charge is -2.47. The maximum atomic E-state index is 14.1. The lowest BCUT2D eigenvalue weighted by atomic mass is 9.86. The molecule has 1 unspecified atom stereocenters. The summed E-state index contributed by atoms with van der Waals surface area (Å²) in [4.78, 5) is 3.65. The summed E-state index contributed by atoms with van der Waals surface area (Å²) in [5, 5.41) is 0.0526. The molecule has 0 radical (unpaired) electrons. The van der Waals surface area contributed by atoms with E-state index in [0.717, 1.165) is 27.7 Å². The average molecular weight is 491 g/mol. The highest BCUT2D eigenvalue weighted by atomic mass is 19.4. The fourth-order valence-electron chi connectivity index (χ4n) is 2.08. The van der Waals surface area contributed by atoms with Crippen LogP contribution in [-0.2, 0) is 4.84 Å². The zero-order chi connectivity index (χ0) is 25.9. The minimum atomic E-state index is -7.96. The zero-order valence-electron chi connectivity index (χ0n) is 17.3. The molecule has 0 aliphatic heterocycles. The Balaban J connectivity index is 6.50. The molecule has 1 atom stereocenters. The van der Waals surface area contributed by atoms with Gasteiger partial charge >= 0.3 is 36.0 Å². The van der Waals surface area contributed by atoms with Gasteiger partial charge in [-0.2, -0.15) is 62.1 Å². The third-order valence-electron chi connectivity index (χ3n) is 4.38. The van der Waals surface area contributed by atoms with E-state index in [4.69, 9.17) is 0 Å². The number of hydroxylamine groups is 2. The Labute approximate surface area is 169 Å². The van der Waals surface area contributed by atoms with Crippen LogP contribution in [0.2, 0.25) is 0 Å². The summed E-state index contributed by atoms with van der Waals surface area (Å²) in [7, 11) is 0. The summed E-state index contributed by atoms with van der Waals surface area (Å²) < 4.78 is 172. The van der Waals surface area contributed by atoms with Crippen molar-refractivity contribution >= 4 is 0 Å². The Bertz CT molecular complexity index is 629. The fraction of sp³-hybridized carbons (Fsp3) is 1.00. The van der Waals surface area contributed by atoms with Gasteiger partial charge in [0, 0.05) is 11.6 Å². The third kappa shape index (κ3) is 5.01. The van der Waals surface area contributed by atoms with Gasteiger partial charge < -0.3 is 0 Å². The van der Waals surface area contributed by atoms with E-state index in [1.807, 2.05) is 0 Å². The molecule has 15 heteroatoms. The van der Waals surface area contributed by atoms with Crippen molar-refractivity contribution in [2.75, 3.05) is 0 Å². The molecule has 0 aromatic heterocycles. The second kappa shape index (κ2) is 7.80. The first kappa shape index (κ1) is 30.0. The van der Waals surface area contributed by atoms with Gasteiger partial charge in [-0.15, -0.1) is 0 Å². The van der Waals surface area contributed by atoms with Gasteiger partial charge in [-0.05, 0) is 33.1 Å². The largest absolute Gasteiger partial charge is 0.460 e. The molecule has 0 aliphatic rings. The van der Waals surface area contributed by atoms with Crippen LogP contribution in [0.3, 0.4) is 0 Å². The molecule has 0 aromatic rings. The van der Waals surface area contributed by atoms with Crippen LogP contribution in [0.5, 0.6) is 0 Å². The van der Waals surface area contributed by atoms with Crippen molar-refractivity contribution in [3.63, 3.8) is 0 Å². The molecule has 0 aliphatic carbocycles. The molecule has 0 heterocycles. The van der Waals surface area contributed by atoms with Gasteiger partial charge in [-0.1, -0.05) is 20.8 Å². The van der Waals surface area contributed by atoms with Crippen molar-refractivity contribution in [1.29, 1.82) is 0 Å². The first-order chi connectivity index (χ1) is 13.0. The molecule has 0 fully saturated rings. The minimum absolute atomic E-state index is 0.0526. The lowest BCUT2D eigenvalue weighted by molar-refractivity contribution is -0.500. The average Bonchev–Trinajstić information content (AvgIpc) is 2.48. The first-order valence-electron chi connectivity index (χ1n) is 8.44. The van der Waals surface area contributed by atoms with Gasteiger partial charge in [0.15, 0.2) is 0 Å². The van der Waals surface area contributed by atoms with E-state index >= 15 is 0 Å². The van der Waals surface area contributed by atoms with Crippen molar-refractivity contribution in [2.24, 2.45) is 5.41 Å². The number of halogens is 13. The Morgan fingerprint density at radius 1 is 0.548 bits per heavy atom. The van der Waals surface area contributed by atoms with E-state index in [2.05, 4.69) is 4.84 Å². The SMILES string of the molecule is CC(N(OC(F)(F)C(F)(F)C(F)(F)C(F)(F)C(F)(F)C(F)(F)F)C(C)(C)C)C(C)(C)C. The molecule has 0 rings (SSSR count). The van der Waals surface area contributed by atoms with Gasteiger partial charge in [0.1, 0.15) is 0 Å². The van der Waals surface area contributed by atoms with Gasteiger partial charge in [0.05, 0.1) is 0 Å². The van der Waals surface area contributed by atoms with E-state index in [1.165, 1.54) is 20.8 Å². The molecule has 0 bridgehead atoms. The van der Waals surface area contributed by atoms with Gasteiger partial charge in [-0.3, -0.25) is 0 Å². The highest BCUT2D eigenvalue weighted by Crippen LogP contribution is 2.60. The molecule has 0 saturated heterocycles.